The molecule has 1 aliphatic carbocycles. The third-order valence-corrected chi connectivity index (χ3v) is 4.25. The van der Waals surface area contributed by atoms with Crippen molar-refractivity contribution in [3.8, 4) is 5.75 Å². The van der Waals surface area contributed by atoms with Crippen molar-refractivity contribution in [2.24, 2.45) is 0 Å². The van der Waals surface area contributed by atoms with Gasteiger partial charge in [0.1, 0.15) is 18.2 Å². The van der Waals surface area contributed by atoms with Crippen molar-refractivity contribution >= 4 is 5.69 Å². The summed E-state index contributed by atoms with van der Waals surface area (Å²) in [6.45, 7) is 0.498. The predicted octanol–water partition coefficient (Wildman–Crippen LogP) is 3.28. The number of benzene rings is 1. The first-order valence-electron chi connectivity index (χ1n) is 7.03. The number of hydrogen-bond acceptors (Lipinski definition) is 3. The Bertz CT molecular complexity index is 457. The lowest BCUT2D eigenvalue weighted by Gasteiger charge is -2.23. The van der Waals surface area contributed by atoms with Gasteiger partial charge in [-0.15, -0.1) is 0 Å². The molecule has 1 saturated heterocycles. The van der Waals surface area contributed by atoms with Gasteiger partial charge in [0.25, 0.3) is 0 Å². The summed E-state index contributed by atoms with van der Waals surface area (Å²) in [5.41, 5.74) is 6.18. The predicted molar refractivity (Wildman–Crippen MR) is 71.6 cm³/mol. The molecule has 2 fully saturated rings. The summed E-state index contributed by atoms with van der Waals surface area (Å²) in [7, 11) is 0. The molecule has 0 aromatic heterocycles. The Labute approximate surface area is 112 Å². The summed E-state index contributed by atoms with van der Waals surface area (Å²) in [5.74, 6) is 0.198. The molecular formula is C15H20FNO2. The summed E-state index contributed by atoms with van der Waals surface area (Å²) in [6.07, 6.45) is 7.24. The first kappa shape index (κ1) is 12.7. The van der Waals surface area contributed by atoms with Gasteiger partial charge < -0.3 is 15.2 Å². The lowest BCUT2D eigenvalue weighted by molar-refractivity contribution is -0.0508. The lowest BCUT2D eigenvalue weighted by atomic mass is 9.98. The molecule has 3 nitrogen and oxygen atoms in total. The van der Waals surface area contributed by atoms with Gasteiger partial charge in [-0.3, -0.25) is 0 Å². The van der Waals surface area contributed by atoms with Crippen LogP contribution in [0.15, 0.2) is 18.2 Å². The highest BCUT2D eigenvalue weighted by atomic mass is 19.1. The fourth-order valence-corrected chi connectivity index (χ4v) is 3.23. The van der Waals surface area contributed by atoms with Gasteiger partial charge in [-0.25, -0.2) is 4.39 Å². The van der Waals surface area contributed by atoms with Crippen LogP contribution in [0.4, 0.5) is 10.1 Å². The molecule has 2 N–H and O–H groups in total. The molecule has 0 radical (unpaired) electrons. The molecule has 4 heteroatoms. The van der Waals surface area contributed by atoms with Crippen molar-refractivity contribution in [1.29, 1.82) is 0 Å². The average Bonchev–Trinajstić information content (AvgIpc) is 2.99. The highest BCUT2D eigenvalue weighted by Crippen LogP contribution is 2.43. The number of hydrogen-bond donors (Lipinski definition) is 1. The molecular weight excluding hydrogens is 245 g/mol. The van der Waals surface area contributed by atoms with E-state index < -0.39 is 0 Å². The van der Waals surface area contributed by atoms with Crippen LogP contribution in [-0.2, 0) is 4.74 Å². The van der Waals surface area contributed by atoms with E-state index >= 15 is 0 Å². The van der Waals surface area contributed by atoms with E-state index in [2.05, 4.69) is 0 Å². The maximum atomic E-state index is 12.9. The largest absolute Gasteiger partial charge is 0.489 e. The summed E-state index contributed by atoms with van der Waals surface area (Å²) >= 11 is 0. The number of nitrogens with two attached hydrogens (primary N) is 1. The third kappa shape index (κ3) is 2.68. The van der Waals surface area contributed by atoms with Gasteiger partial charge in [0, 0.05) is 6.07 Å². The number of nitrogen functional groups attached to an aromatic ring is 1. The summed E-state index contributed by atoms with van der Waals surface area (Å²) in [5, 5.41) is 0. The molecule has 1 heterocycles. The van der Waals surface area contributed by atoms with Crippen LogP contribution in [0.25, 0.3) is 0 Å². The Morgan fingerprint density at radius 1 is 1.32 bits per heavy atom. The highest BCUT2D eigenvalue weighted by Gasteiger charge is 2.42. The molecule has 1 unspecified atom stereocenters. The smallest absolute Gasteiger partial charge is 0.142 e. The second-order valence-corrected chi connectivity index (χ2v) is 5.66. The van der Waals surface area contributed by atoms with Crippen LogP contribution < -0.4 is 10.5 Å². The zero-order valence-corrected chi connectivity index (χ0v) is 11.0. The first-order valence-corrected chi connectivity index (χ1v) is 7.03. The Hall–Kier alpha value is -1.29. The third-order valence-electron chi connectivity index (χ3n) is 4.25. The van der Waals surface area contributed by atoms with Gasteiger partial charge in [-0.05, 0) is 37.8 Å². The quantitative estimate of drug-likeness (QED) is 0.853. The number of rotatable bonds is 3. The Morgan fingerprint density at radius 2 is 2.11 bits per heavy atom. The minimum absolute atomic E-state index is 0.127. The second kappa shape index (κ2) is 5.00. The van der Waals surface area contributed by atoms with Crippen LogP contribution in [0.5, 0.6) is 5.75 Å². The SMILES string of the molecule is Nc1cc(F)ccc1OCC1CCC2(CCCC2)O1. The summed E-state index contributed by atoms with van der Waals surface area (Å²) in [6, 6.07) is 4.22. The molecule has 1 atom stereocenters. The van der Waals surface area contributed by atoms with E-state index in [0.717, 1.165) is 12.8 Å². The molecule has 2 aliphatic rings. The van der Waals surface area contributed by atoms with Crippen LogP contribution >= 0.6 is 0 Å². The molecule has 0 amide bonds. The van der Waals surface area contributed by atoms with Crippen molar-refractivity contribution in [2.75, 3.05) is 12.3 Å². The minimum atomic E-state index is -0.341. The standard InChI is InChI=1S/C15H20FNO2/c16-11-3-4-14(13(17)9-11)18-10-12-5-8-15(19-12)6-1-2-7-15/h3-4,9,12H,1-2,5-8,10,17H2. The molecule has 104 valence electrons. The fourth-order valence-electron chi connectivity index (χ4n) is 3.23. The zero-order chi connectivity index (χ0) is 13.3. The molecule has 1 aliphatic heterocycles. The normalized spacial score (nSPS) is 25.0. The minimum Gasteiger partial charge on any atom is -0.489 e. The van der Waals surface area contributed by atoms with Gasteiger partial charge in [-0.2, -0.15) is 0 Å². The molecule has 1 aromatic rings. The Balaban J connectivity index is 1.55. The van der Waals surface area contributed by atoms with Crippen LogP contribution in [0.3, 0.4) is 0 Å². The van der Waals surface area contributed by atoms with E-state index in [1.807, 2.05) is 0 Å². The van der Waals surface area contributed by atoms with Gasteiger partial charge in [0.2, 0.25) is 0 Å². The van der Waals surface area contributed by atoms with E-state index in [1.54, 1.807) is 6.07 Å². The number of halogens is 1. The van der Waals surface area contributed by atoms with Crippen LogP contribution in [-0.4, -0.2) is 18.3 Å². The van der Waals surface area contributed by atoms with E-state index in [4.69, 9.17) is 15.2 Å². The monoisotopic (exact) mass is 265 g/mol. The topological polar surface area (TPSA) is 44.5 Å². The lowest BCUT2D eigenvalue weighted by Crippen LogP contribution is -2.27. The molecule has 19 heavy (non-hydrogen) atoms. The summed E-state index contributed by atoms with van der Waals surface area (Å²) < 4.78 is 24.7. The first-order chi connectivity index (χ1) is 9.17. The van der Waals surface area contributed by atoms with Gasteiger partial charge in [-0.1, -0.05) is 12.8 Å². The van der Waals surface area contributed by atoms with Crippen LogP contribution in [0, 0.1) is 5.82 Å². The molecule has 1 spiro atoms. The van der Waals surface area contributed by atoms with E-state index in [9.17, 15) is 4.39 Å². The van der Waals surface area contributed by atoms with Crippen molar-refractivity contribution in [1.82, 2.24) is 0 Å². The van der Waals surface area contributed by atoms with E-state index in [0.29, 0.717) is 18.0 Å². The van der Waals surface area contributed by atoms with Gasteiger partial charge >= 0.3 is 0 Å². The number of anilines is 1. The van der Waals surface area contributed by atoms with Crippen LogP contribution in [0.2, 0.25) is 0 Å². The molecule has 1 aromatic carbocycles. The maximum Gasteiger partial charge on any atom is 0.142 e. The van der Waals surface area contributed by atoms with Crippen molar-refractivity contribution in [3.63, 3.8) is 0 Å². The average molecular weight is 265 g/mol. The number of ether oxygens (including phenoxy) is 2. The van der Waals surface area contributed by atoms with Crippen molar-refractivity contribution in [3.05, 3.63) is 24.0 Å². The van der Waals surface area contributed by atoms with Crippen molar-refractivity contribution < 1.29 is 13.9 Å². The van der Waals surface area contributed by atoms with Gasteiger partial charge in [0.15, 0.2) is 0 Å². The Kier molecular flexibility index (Phi) is 3.35. The molecule has 3 rings (SSSR count). The fraction of sp³-hybridized carbons (Fsp3) is 0.600. The van der Waals surface area contributed by atoms with Crippen LogP contribution in [0.1, 0.15) is 38.5 Å². The van der Waals surface area contributed by atoms with E-state index in [1.165, 1.54) is 37.8 Å². The second-order valence-electron chi connectivity index (χ2n) is 5.66. The van der Waals surface area contributed by atoms with Gasteiger partial charge in [0.05, 0.1) is 17.4 Å². The van der Waals surface area contributed by atoms with E-state index in [-0.39, 0.29) is 17.5 Å². The summed E-state index contributed by atoms with van der Waals surface area (Å²) in [4.78, 5) is 0. The highest BCUT2D eigenvalue weighted by molar-refractivity contribution is 5.52. The van der Waals surface area contributed by atoms with Crippen molar-refractivity contribution in [2.45, 2.75) is 50.2 Å². The molecule has 0 bridgehead atoms. The molecule has 1 saturated carbocycles. The zero-order valence-electron chi connectivity index (χ0n) is 11.0. The maximum absolute atomic E-state index is 12.9. The Morgan fingerprint density at radius 3 is 2.84 bits per heavy atom.